The summed E-state index contributed by atoms with van der Waals surface area (Å²) in [5, 5.41) is 0.559. The molecule has 4 nitrogen and oxygen atoms in total. The van der Waals surface area contributed by atoms with Gasteiger partial charge in [0.05, 0.1) is 0 Å². The predicted molar refractivity (Wildman–Crippen MR) is 89.7 cm³/mol. The molecule has 0 saturated heterocycles. The van der Waals surface area contributed by atoms with E-state index in [0.717, 1.165) is 0 Å². The standard InChI is InChI=1S/C9H16Br3Cl2O4P/c1-6(13)16-19(15,17-7(2)14)18-9(11,12)8(3,4)5-10/h6-7H,5H2,1-4H3. The van der Waals surface area contributed by atoms with E-state index in [-0.39, 0.29) is 0 Å². The summed E-state index contributed by atoms with van der Waals surface area (Å²) in [7, 11) is -3.94. The lowest BCUT2D eigenvalue weighted by atomic mass is 9.98. The van der Waals surface area contributed by atoms with E-state index in [2.05, 4.69) is 47.8 Å². The number of hydrogen-bond acceptors (Lipinski definition) is 4. The van der Waals surface area contributed by atoms with Crippen molar-refractivity contribution in [2.24, 2.45) is 5.41 Å². The van der Waals surface area contributed by atoms with E-state index in [9.17, 15) is 4.57 Å². The van der Waals surface area contributed by atoms with Crippen LogP contribution >= 0.6 is 78.8 Å². The van der Waals surface area contributed by atoms with Crippen LogP contribution in [0, 0.1) is 5.41 Å². The van der Waals surface area contributed by atoms with Crippen LogP contribution in [-0.2, 0) is 18.1 Å². The lowest BCUT2D eigenvalue weighted by molar-refractivity contribution is 0.0558. The zero-order chi connectivity index (χ0) is 15.5. The Bertz CT molecular complexity index is 325. The molecule has 0 bridgehead atoms. The molecule has 0 aromatic heterocycles. The van der Waals surface area contributed by atoms with Crippen molar-refractivity contribution in [3.05, 3.63) is 0 Å². The van der Waals surface area contributed by atoms with Crippen molar-refractivity contribution in [1.29, 1.82) is 0 Å². The van der Waals surface area contributed by atoms with Gasteiger partial charge in [-0.1, -0.05) is 53.0 Å². The van der Waals surface area contributed by atoms with Gasteiger partial charge in [-0.25, -0.2) is 4.57 Å². The summed E-state index contributed by atoms with van der Waals surface area (Å²) >= 11 is 21.4. The van der Waals surface area contributed by atoms with E-state index in [0.29, 0.717) is 5.33 Å². The summed E-state index contributed by atoms with van der Waals surface area (Å²) in [6.07, 6.45) is 0. The fraction of sp³-hybridized carbons (Fsp3) is 1.00. The molecule has 0 rings (SSSR count). The highest BCUT2D eigenvalue weighted by molar-refractivity contribution is 9.25. The van der Waals surface area contributed by atoms with Gasteiger partial charge < -0.3 is 0 Å². The van der Waals surface area contributed by atoms with E-state index in [4.69, 9.17) is 36.8 Å². The van der Waals surface area contributed by atoms with E-state index in [1.807, 2.05) is 13.8 Å². The molecule has 0 amide bonds. The third kappa shape index (κ3) is 7.29. The molecule has 116 valence electrons. The molecule has 0 N–H and O–H groups in total. The van der Waals surface area contributed by atoms with Crippen LogP contribution in [0.4, 0.5) is 0 Å². The van der Waals surface area contributed by atoms with E-state index < -0.39 is 27.8 Å². The SMILES string of the molecule is CC(Cl)OP(=O)(OC(C)Cl)OC(Br)(Br)C(C)(C)CBr. The maximum atomic E-state index is 12.5. The van der Waals surface area contributed by atoms with Crippen molar-refractivity contribution in [2.75, 3.05) is 5.33 Å². The third-order valence-electron chi connectivity index (χ3n) is 1.90. The molecule has 0 radical (unpaired) electrons. The van der Waals surface area contributed by atoms with Crippen molar-refractivity contribution in [1.82, 2.24) is 0 Å². The minimum Gasteiger partial charge on any atom is -0.268 e. The Morgan fingerprint density at radius 2 is 1.53 bits per heavy atom. The summed E-state index contributed by atoms with van der Waals surface area (Å²) < 4.78 is 26.9. The summed E-state index contributed by atoms with van der Waals surface area (Å²) in [5.74, 6) is 0. The van der Waals surface area contributed by atoms with Crippen LogP contribution < -0.4 is 0 Å². The summed E-state index contributed by atoms with van der Waals surface area (Å²) in [4.78, 5) is 0. The number of halogens is 5. The fourth-order valence-corrected chi connectivity index (χ4v) is 5.22. The molecule has 0 aromatic rings. The van der Waals surface area contributed by atoms with Crippen LogP contribution in [0.1, 0.15) is 27.7 Å². The molecular weight excluding hydrogens is 514 g/mol. The van der Waals surface area contributed by atoms with Crippen LogP contribution in [0.5, 0.6) is 0 Å². The van der Waals surface area contributed by atoms with E-state index in [1.54, 1.807) is 0 Å². The molecule has 19 heavy (non-hydrogen) atoms. The Morgan fingerprint density at radius 3 is 1.79 bits per heavy atom. The van der Waals surface area contributed by atoms with Crippen molar-refractivity contribution in [2.45, 2.75) is 42.2 Å². The van der Waals surface area contributed by atoms with Gasteiger partial charge in [0.25, 0.3) is 0 Å². The zero-order valence-electron chi connectivity index (χ0n) is 10.8. The van der Waals surface area contributed by atoms with Gasteiger partial charge in [-0.05, 0) is 45.7 Å². The molecule has 0 aliphatic heterocycles. The smallest absolute Gasteiger partial charge is 0.268 e. The van der Waals surface area contributed by atoms with Crippen molar-refractivity contribution in [3.63, 3.8) is 0 Å². The van der Waals surface area contributed by atoms with Crippen LogP contribution in [-0.4, -0.2) is 19.9 Å². The maximum Gasteiger partial charge on any atom is 0.479 e. The molecule has 2 atom stereocenters. The average molecular weight is 530 g/mol. The second kappa shape index (κ2) is 8.11. The number of phosphoric ester groups is 1. The second-order valence-corrected chi connectivity index (χ2v) is 11.0. The molecule has 0 aromatic carbocycles. The van der Waals surface area contributed by atoms with Gasteiger partial charge in [0.2, 0.25) is 0 Å². The largest absolute Gasteiger partial charge is 0.479 e. The van der Waals surface area contributed by atoms with Gasteiger partial charge in [0.15, 0.2) is 3.42 Å². The Balaban J connectivity index is 5.16. The molecule has 0 saturated carbocycles. The average Bonchev–Trinajstić information content (AvgIpc) is 2.12. The Hall–Kier alpha value is 2.13. The van der Waals surface area contributed by atoms with Crippen LogP contribution in [0.25, 0.3) is 0 Å². The fourth-order valence-electron chi connectivity index (χ4n) is 0.765. The first-order valence-electron chi connectivity index (χ1n) is 5.25. The lowest BCUT2D eigenvalue weighted by Gasteiger charge is -2.38. The topological polar surface area (TPSA) is 44.8 Å². The Morgan fingerprint density at radius 1 is 1.16 bits per heavy atom. The Kier molecular flexibility index (Phi) is 9.02. The summed E-state index contributed by atoms with van der Waals surface area (Å²) in [5.41, 5.74) is -2.19. The third-order valence-corrected chi connectivity index (χ3v) is 8.34. The molecule has 0 heterocycles. The van der Waals surface area contributed by atoms with Crippen molar-refractivity contribution >= 4 is 78.8 Å². The minimum absolute atomic E-state index is 0.472. The highest BCUT2D eigenvalue weighted by Gasteiger charge is 2.49. The van der Waals surface area contributed by atoms with Gasteiger partial charge in [-0.3, -0.25) is 13.6 Å². The molecule has 0 aliphatic rings. The van der Waals surface area contributed by atoms with Gasteiger partial charge in [0.1, 0.15) is 11.1 Å². The lowest BCUT2D eigenvalue weighted by Crippen LogP contribution is -2.37. The van der Waals surface area contributed by atoms with Gasteiger partial charge >= 0.3 is 7.82 Å². The van der Waals surface area contributed by atoms with E-state index in [1.165, 1.54) is 13.8 Å². The molecule has 2 unspecified atom stereocenters. The van der Waals surface area contributed by atoms with Crippen LogP contribution in [0.15, 0.2) is 0 Å². The van der Waals surface area contributed by atoms with Gasteiger partial charge in [-0.2, -0.15) is 0 Å². The monoisotopic (exact) mass is 526 g/mol. The first-order valence-corrected chi connectivity index (χ1v) is 10.3. The number of alkyl halides is 5. The predicted octanol–water partition coefficient (Wildman–Crippen LogP) is 6.18. The molecule has 0 aliphatic carbocycles. The molecule has 10 heteroatoms. The first kappa shape index (κ1) is 21.1. The molecule has 0 spiro atoms. The highest BCUT2D eigenvalue weighted by atomic mass is 79.9. The zero-order valence-corrected chi connectivity index (χ0v) is 18.0. The maximum absolute atomic E-state index is 12.5. The summed E-state index contributed by atoms with van der Waals surface area (Å²) in [6, 6.07) is 0. The van der Waals surface area contributed by atoms with Gasteiger partial charge in [0, 0.05) is 10.7 Å². The molecule has 0 fully saturated rings. The van der Waals surface area contributed by atoms with Crippen LogP contribution in [0.3, 0.4) is 0 Å². The quantitative estimate of drug-likeness (QED) is 0.278. The van der Waals surface area contributed by atoms with Crippen LogP contribution in [0.2, 0.25) is 0 Å². The van der Waals surface area contributed by atoms with Crippen molar-refractivity contribution < 1.29 is 18.1 Å². The second-order valence-electron chi connectivity index (χ2n) is 4.37. The highest BCUT2D eigenvalue weighted by Crippen LogP contribution is 2.61. The molecular formula is C9H16Br3Cl2O4P. The van der Waals surface area contributed by atoms with Gasteiger partial charge in [-0.15, -0.1) is 0 Å². The summed E-state index contributed by atoms with van der Waals surface area (Å²) in [6.45, 7) is 6.76. The van der Waals surface area contributed by atoms with Crippen molar-refractivity contribution in [3.8, 4) is 0 Å². The van der Waals surface area contributed by atoms with E-state index >= 15 is 0 Å². The number of rotatable bonds is 8. The Labute approximate surface area is 149 Å². The first-order chi connectivity index (χ1) is 8.35. The normalized spacial score (nSPS) is 19.8. The minimum atomic E-state index is -3.94. The number of phosphoric acid groups is 1. The number of hydrogen-bond donors (Lipinski definition) is 0.